The number of hydrogen-bond acceptors (Lipinski definition) is 3. The summed E-state index contributed by atoms with van der Waals surface area (Å²) in [5.41, 5.74) is 5.19. The van der Waals surface area contributed by atoms with Crippen LogP contribution in [0, 0.1) is 12.3 Å². The van der Waals surface area contributed by atoms with Gasteiger partial charge in [0.05, 0.1) is 0 Å². The smallest absolute Gasteiger partial charge is 0.162 e. The molecule has 0 saturated carbocycles. The van der Waals surface area contributed by atoms with Crippen LogP contribution in [0.25, 0.3) is 10.8 Å². The molecular formula is C23H23N3O. The van der Waals surface area contributed by atoms with Gasteiger partial charge < -0.3 is 5.32 Å². The maximum atomic E-state index is 13.2. The van der Waals surface area contributed by atoms with E-state index in [0.29, 0.717) is 6.42 Å². The lowest BCUT2D eigenvalue weighted by molar-refractivity contribution is -0.118. The Hall–Kier alpha value is -2.88. The Morgan fingerprint density at radius 1 is 1.07 bits per heavy atom. The highest BCUT2D eigenvalue weighted by molar-refractivity contribution is 6.01. The molecule has 3 aromatic rings. The molecule has 1 atom stereocenters. The van der Waals surface area contributed by atoms with Crippen molar-refractivity contribution in [3.63, 3.8) is 0 Å². The molecule has 2 aromatic carbocycles. The van der Waals surface area contributed by atoms with Crippen molar-refractivity contribution >= 4 is 22.4 Å². The monoisotopic (exact) mass is 357 g/mol. The third-order valence-electron chi connectivity index (χ3n) is 5.87. The quantitative estimate of drug-likeness (QED) is 0.639. The molecule has 0 spiro atoms. The Labute approximate surface area is 158 Å². The SMILES string of the molecule is Cc1[nH]nc2c1[C@H](c1ccc3ccccc3c1)C1=C(CC(C)(C)CC1=O)N2. The fourth-order valence-electron chi connectivity index (χ4n) is 4.68. The Bertz CT molecular complexity index is 1120. The van der Waals surface area contributed by atoms with Crippen molar-refractivity contribution in [3.8, 4) is 0 Å². The fourth-order valence-corrected chi connectivity index (χ4v) is 4.68. The second-order valence-electron chi connectivity index (χ2n) is 8.61. The molecule has 1 aliphatic heterocycles. The number of rotatable bonds is 1. The first-order valence-corrected chi connectivity index (χ1v) is 9.50. The maximum absolute atomic E-state index is 13.2. The van der Waals surface area contributed by atoms with Gasteiger partial charge >= 0.3 is 0 Å². The van der Waals surface area contributed by atoms with Crippen LogP contribution >= 0.6 is 0 Å². The van der Waals surface area contributed by atoms with Crippen LogP contribution < -0.4 is 5.32 Å². The third kappa shape index (κ3) is 2.51. The zero-order chi connectivity index (χ0) is 18.8. The van der Waals surface area contributed by atoms with Gasteiger partial charge in [-0.3, -0.25) is 9.89 Å². The minimum absolute atomic E-state index is 0.0281. The summed E-state index contributed by atoms with van der Waals surface area (Å²) < 4.78 is 0. The molecule has 4 heteroatoms. The predicted octanol–water partition coefficient (Wildman–Crippen LogP) is 5.07. The van der Waals surface area contributed by atoms with E-state index in [4.69, 9.17) is 0 Å². The summed E-state index contributed by atoms with van der Waals surface area (Å²) >= 11 is 0. The topological polar surface area (TPSA) is 57.8 Å². The van der Waals surface area contributed by atoms with Gasteiger partial charge in [-0.25, -0.2) is 0 Å². The lowest BCUT2D eigenvalue weighted by atomic mass is 9.69. The highest BCUT2D eigenvalue weighted by Gasteiger charge is 2.42. The maximum Gasteiger partial charge on any atom is 0.162 e. The largest absolute Gasteiger partial charge is 0.342 e. The average molecular weight is 357 g/mol. The van der Waals surface area contributed by atoms with Crippen LogP contribution in [-0.4, -0.2) is 16.0 Å². The summed E-state index contributed by atoms with van der Waals surface area (Å²) in [6.45, 7) is 6.35. The van der Waals surface area contributed by atoms with Gasteiger partial charge in [0.2, 0.25) is 0 Å². The van der Waals surface area contributed by atoms with E-state index in [2.05, 4.69) is 71.8 Å². The van der Waals surface area contributed by atoms with Crippen LogP contribution in [0.2, 0.25) is 0 Å². The van der Waals surface area contributed by atoms with Gasteiger partial charge in [-0.15, -0.1) is 0 Å². The Morgan fingerprint density at radius 2 is 1.85 bits per heavy atom. The second-order valence-corrected chi connectivity index (χ2v) is 8.61. The van der Waals surface area contributed by atoms with Gasteiger partial charge in [-0.1, -0.05) is 56.3 Å². The predicted molar refractivity (Wildman–Crippen MR) is 108 cm³/mol. The Morgan fingerprint density at radius 3 is 2.67 bits per heavy atom. The molecule has 0 saturated heterocycles. The molecule has 1 aliphatic carbocycles. The fraction of sp³-hybridized carbons (Fsp3) is 0.304. The number of fused-ring (bicyclic) bond motifs is 2. The van der Waals surface area contributed by atoms with E-state index < -0.39 is 0 Å². The number of anilines is 1. The number of aryl methyl sites for hydroxylation is 1. The van der Waals surface area contributed by atoms with Gasteiger partial charge in [0.15, 0.2) is 11.6 Å². The van der Waals surface area contributed by atoms with E-state index in [1.165, 1.54) is 10.8 Å². The molecule has 27 heavy (non-hydrogen) atoms. The van der Waals surface area contributed by atoms with Crippen molar-refractivity contribution in [2.75, 3.05) is 5.32 Å². The number of aromatic amines is 1. The molecule has 0 amide bonds. The van der Waals surface area contributed by atoms with Gasteiger partial charge in [0.1, 0.15) is 0 Å². The van der Waals surface area contributed by atoms with Crippen LogP contribution in [-0.2, 0) is 4.79 Å². The van der Waals surface area contributed by atoms with Gasteiger partial charge in [-0.2, -0.15) is 5.10 Å². The number of aromatic nitrogens is 2. The molecule has 2 heterocycles. The first kappa shape index (κ1) is 16.3. The number of allylic oxidation sites excluding steroid dienone is 2. The van der Waals surface area contributed by atoms with E-state index in [1.54, 1.807) is 0 Å². The minimum Gasteiger partial charge on any atom is -0.342 e. The number of carbonyl (C=O) groups excluding carboxylic acids is 1. The number of nitrogens with zero attached hydrogens (tertiary/aromatic N) is 1. The number of benzene rings is 2. The zero-order valence-electron chi connectivity index (χ0n) is 15.9. The van der Waals surface area contributed by atoms with E-state index in [9.17, 15) is 4.79 Å². The van der Waals surface area contributed by atoms with E-state index in [1.807, 2.05) is 6.92 Å². The summed E-state index contributed by atoms with van der Waals surface area (Å²) in [6, 6.07) is 14.9. The number of carbonyl (C=O) groups is 1. The molecular weight excluding hydrogens is 334 g/mol. The standard InChI is InChI=1S/C23H23N3O/c1-13-19-20(16-9-8-14-6-4-5-7-15(14)10-16)21-17(24-22(19)26-25-13)11-23(2,3)12-18(21)27/h4-10,20H,11-12H2,1-3H3,(H2,24,25,26)/t20-/m0/s1. The summed E-state index contributed by atoms with van der Waals surface area (Å²) in [7, 11) is 0. The lowest BCUT2D eigenvalue weighted by Gasteiger charge is -2.38. The number of Topliss-reactive ketones (excluding diaryl/α,β-unsaturated/α-hetero) is 1. The molecule has 0 bridgehead atoms. The van der Waals surface area contributed by atoms with Crippen LogP contribution in [0.15, 0.2) is 53.7 Å². The minimum atomic E-state index is -0.0665. The van der Waals surface area contributed by atoms with Gasteiger partial charge in [-0.05, 0) is 35.1 Å². The van der Waals surface area contributed by atoms with Crippen LogP contribution in [0.1, 0.15) is 49.4 Å². The van der Waals surface area contributed by atoms with Crippen molar-refractivity contribution in [2.24, 2.45) is 5.41 Å². The molecule has 0 unspecified atom stereocenters. The van der Waals surface area contributed by atoms with Crippen molar-refractivity contribution in [3.05, 3.63) is 70.6 Å². The van der Waals surface area contributed by atoms with Crippen molar-refractivity contribution < 1.29 is 4.79 Å². The van der Waals surface area contributed by atoms with E-state index in [-0.39, 0.29) is 17.1 Å². The highest BCUT2D eigenvalue weighted by atomic mass is 16.1. The van der Waals surface area contributed by atoms with Crippen molar-refractivity contribution in [2.45, 2.75) is 39.5 Å². The average Bonchev–Trinajstić information content (AvgIpc) is 2.99. The first-order chi connectivity index (χ1) is 12.9. The van der Waals surface area contributed by atoms with E-state index in [0.717, 1.165) is 40.3 Å². The highest BCUT2D eigenvalue weighted by Crippen LogP contribution is 2.49. The van der Waals surface area contributed by atoms with Crippen molar-refractivity contribution in [1.29, 1.82) is 0 Å². The van der Waals surface area contributed by atoms with Crippen LogP contribution in [0.3, 0.4) is 0 Å². The Kier molecular flexibility index (Phi) is 3.36. The summed E-state index contributed by atoms with van der Waals surface area (Å²) in [4.78, 5) is 13.2. The van der Waals surface area contributed by atoms with E-state index >= 15 is 0 Å². The Balaban J connectivity index is 1.75. The second kappa shape index (κ2) is 5.56. The van der Waals surface area contributed by atoms with Crippen LogP contribution in [0.4, 0.5) is 5.82 Å². The normalized spacial score (nSPS) is 21.0. The number of hydrogen-bond donors (Lipinski definition) is 2. The van der Waals surface area contributed by atoms with Gasteiger partial charge in [0.25, 0.3) is 0 Å². The summed E-state index contributed by atoms with van der Waals surface area (Å²) in [6.07, 6.45) is 1.45. The number of H-pyrrole nitrogens is 1. The summed E-state index contributed by atoms with van der Waals surface area (Å²) in [5.74, 6) is 1.04. The summed E-state index contributed by atoms with van der Waals surface area (Å²) in [5, 5.41) is 13.5. The third-order valence-corrected chi connectivity index (χ3v) is 5.87. The molecule has 1 aromatic heterocycles. The molecule has 0 fully saturated rings. The molecule has 2 N–H and O–H groups in total. The van der Waals surface area contributed by atoms with Crippen molar-refractivity contribution in [1.82, 2.24) is 10.2 Å². The first-order valence-electron chi connectivity index (χ1n) is 9.50. The lowest BCUT2D eigenvalue weighted by Crippen LogP contribution is -2.33. The molecule has 4 nitrogen and oxygen atoms in total. The molecule has 5 rings (SSSR count). The molecule has 2 aliphatic rings. The molecule has 136 valence electrons. The molecule has 0 radical (unpaired) electrons. The van der Waals surface area contributed by atoms with Gasteiger partial charge in [0, 0.05) is 34.9 Å². The number of ketones is 1. The van der Waals surface area contributed by atoms with Crippen LogP contribution in [0.5, 0.6) is 0 Å². The zero-order valence-corrected chi connectivity index (χ0v) is 15.9. The number of nitrogens with one attached hydrogen (secondary N) is 2.